The summed E-state index contributed by atoms with van der Waals surface area (Å²) in [4.78, 5) is 4.29. The molecule has 22 heavy (non-hydrogen) atoms. The molecule has 0 fully saturated rings. The lowest BCUT2D eigenvalue weighted by atomic mass is 10.2. The predicted molar refractivity (Wildman–Crippen MR) is 94.2 cm³/mol. The van der Waals surface area contributed by atoms with E-state index in [9.17, 15) is 0 Å². The summed E-state index contributed by atoms with van der Waals surface area (Å²) < 4.78 is 12.0. The van der Waals surface area contributed by atoms with Crippen molar-refractivity contribution >= 4 is 38.6 Å². The van der Waals surface area contributed by atoms with Crippen molar-refractivity contribution in [2.75, 3.05) is 25.2 Å². The topological polar surface area (TPSA) is 55.7 Å². The summed E-state index contributed by atoms with van der Waals surface area (Å²) in [5.74, 6) is 0.767. The van der Waals surface area contributed by atoms with Gasteiger partial charge in [0.2, 0.25) is 5.13 Å². The molecule has 7 heteroatoms. The number of aryl methyl sites for hydroxylation is 1. The van der Waals surface area contributed by atoms with Crippen LogP contribution in [0.4, 0.5) is 5.13 Å². The van der Waals surface area contributed by atoms with Crippen molar-refractivity contribution in [1.82, 2.24) is 4.98 Å². The summed E-state index contributed by atoms with van der Waals surface area (Å²) in [6, 6.07) is 5.80. The lowest BCUT2D eigenvalue weighted by molar-refractivity contribution is 0.110. The number of hydrogen-bond acceptors (Lipinski definition) is 6. The van der Waals surface area contributed by atoms with E-state index < -0.39 is 0 Å². The van der Waals surface area contributed by atoms with Crippen molar-refractivity contribution in [3.8, 4) is 5.75 Å². The number of ether oxygens (including phenoxy) is 2. The maximum atomic E-state index is 5.72. The summed E-state index contributed by atoms with van der Waals surface area (Å²) in [5.41, 5.74) is 4.78. The molecule has 5 nitrogen and oxygen atoms in total. The minimum absolute atomic E-state index is 0.509. The highest BCUT2D eigenvalue weighted by Crippen LogP contribution is 2.22. The third-order valence-electron chi connectivity index (χ3n) is 2.64. The summed E-state index contributed by atoms with van der Waals surface area (Å²) in [6.07, 6.45) is 1.72. The Morgan fingerprint density at radius 3 is 3.00 bits per heavy atom. The van der Waals surface area contributed by atoms with Gasteiger partial charge in [-0.05, 0) is 32.0 Å². The second-order valence-corrected chi connectivity index (χ2v) is 6.17. The van der Waals surface area contributed by atoms with Crippen molar-refractivity contribution in [2.24, 2.45) is 5.10 Å². The van der Waals surface area contributed by atoms with E-state index in [-0.39, 0.29) is 0 Å². The summed E-state index contributed by atoms with van der Waals surface area (Å²) >= 11 is 4.98. The number of anilines is 1. The van der Waals surface area contributed by atoms with Gasteiger partial charge < -0.3 is 9.47 Å². The Kier molecular flexibility index (Phi) is 6.82. The molecule has 0 saturated carbocycles. The molecule has 0 atom stereocenters. The number of rotatable bonds is 8. The first-order valence-corrected chi connectivity index (χ1v) is 8.57. The zero-order valence-corrected chi connectivity index (χ0v) is 14.9. The molecule has 0 amide bonds. The standard InChI is InChI=1S/C15H18BrN3O2S/c1-3-20-6-7-21-14-5-4-13(16)8-12(14)9-17-19-15-18-11(2)10-22-15/h4-5,8-10H,3,6-7H2,1-2H3,(H,18,19). The first-order valence-electron chi connectivity index (χ1n) is 6.90. The van der Waals surface area contributed by atoms with Gasteiger partial charge in [-0.3, -0.25) is 5.43 Å². The van der Waals surface area contributed by atoms with Crippen LogP contribution in [-0.4, -0.2) is 31.0 Å². The second-order valence-electron chi connectivity index (χ2n) is 4.39. The maximum absolute atomic E-state index is 5.72. The van der Waals surface area contributed by atoms with Gasteiger partial charge in [0.05, 0.1) is 18.5 Å². The first-order chi connectivity index (χ1) is 10.7. The molecule has 2 rings (SSSR count). The fraction of sp³-hybridized carbons (Fsp3) is 0.333. The van der Waals surface area contributed by atoms with Gasteiger partial charge in [0.15, 0.2) is 0 Å². The maximum Gasteiger partial charge on any atom is 0.203 e. The number of aromatic nitrogens is 1. The highest BCUT2D eigenvalue weighted by Gasteiger charge is 2.03. The monoisotopic (exact) mass is 383 g/mol. The average Bonchev–Trinajstić information content (AvgIpc) is 2.91. The van der Waals surface area contributed by atoms with Crippen LogP contribution in [0, 0.1) is 6.92 Å². The smallest absolute Gasteiger partial charge is 0.203 e. The van der Waals surface area contributed by atoms with Crippen LogP contribution in [0.2, 0.25) is 0 Å². The van der Waals surface area contributed by atoms with E-state index in [1.807, 2.05) is 37.4 Å². The SMILES string of the molecule is CCOCCOc1ccc(Br)cc1C=NNc1nc(C)cs1. The highest BCUT2D eigenvalue weighted by molar-refractivity contribution is 9.10. The number of benzene rings is 1. The Labute approximate surface area is 142 Å². The van der Waals surface area contributed by atoms with Crippen LogP contribution < -0.4 is 10.2 Å². The molecule has 0 aliphatic rings. The molecule has 0 unspecified atom stereocenters. The molecule has 0 radical (unpaired) electrons. The third-order valence-corrected chi connectivity index (χ3v) is 4.00. The van der Waals surface area contributed by atoms with Crippen molar-refractivity contribution in [3.05, 3.63) is 39.3 Å². The first kappa shape index (κ1) is 16.9. The molecule has 1 heterocycles. The molecule has 0 aliphatic carbocycles. The number of hydrazone groups is 1. The number of thiazole rings is 1. The molecule has 1 aromatic carbocycles. The van der Waals surface area contributed by atoms with Gasteiger partial charge in [0.25, 0.3) is 0 Å². The molecule has 2 aromatic rings. The number of nitrogens with zero attached hydrogens (tertiary/aromatic N) is 2. The van der Waals surface area contributed by atoms with E-state index >= 15 is 0 Å². The van der Waals surface area contributed by atoms with E-state index in [0.717, 1.165) is 26.6 Å². The zero-order valence-electron chi connectivity index (χ0n) is 12.5. The fourth-order valence-electron chi connectivity index (χ4n) is 1.67. The number of hydrogen-bond donors (Lipinski definition) is 1. The molecule has 1 N–H and O–H groups in total. The summed E-state index contributed by atoms with van der Waals surface area (Å²) in [6.45, 7) is 5.68. The van der Waals surface area contributed by atoms with Crippen LogP contribution in [0.3, 0.4) is 0 Å². The third kappa shape index (κ3) is 5.40. The Morgan fingerprint density at radius 2 is 2.27 bits per heavy atom. The van der Waals surface area contributed by atoms with Crippen LogP contribution in [0.15, 0.2) is 33.2 Å². The molecule has 0 saturated heterocycles. The molecule has 118 valence electrons. The lowest BCUT2D eigenvalue weighted by Gasteiger charge is -2.09. The van der Waals surface area contributed by atoms with Crippen molar-refractivity contribution in [3.63, 3.8) is 0 Å². The van der Waals surface area contributed by atoms with Crippen molar-refractivity contribution in [2.45, 2.75) is 13.8 Å². The molecule has 1 aromatic heterocycles. The molecule has 0 bridgehead atoms. The lowest BCUT2D eigenvalue weighted by Crippen LogP contribution is -2.07. The van der Waals surface area contributed by atoms with Gasteiger partial charge in [0, 0.05) is 22.0 Å². The van der Waals surface area contributed by atoms with Gasteiger partial charge in [-0.15, -0.1) is 11.3 Å². The van der Waals surface area contributed by atoms with E-state index in [4.69, 9.17) is 9.47 Å². The quantitative estimate of drug-likeness (QED) is 0.423. The largest absolute Gasteiger partial charge is 0.491 e. The van der Waals surface area contributed by atoms with Gasteiger partial charge in [0.1, 0.15) is 12.4 Å². The summed E-state index contributed by atoms with van der Waals surface area (Å²) in [5, 5.41) is 6.95. The Morgan fingerprint density at radius 1 is 1.41 bits per heavy atom. The van der Waals surface area contributed by atoms with Gasteiger partial charge in [-0.25, -0.2) is 4.98 Å². The minimum Gasteiger partial charge on any atom is -0.491 e. The van der Waals surface area contributed by atoms with E-state index in [1.54, 1.807) is 6.21 Å². The summed E-state index contributed by atoms with van der Waals surface area (Å²) in [7, 11) is 0. The second kappa shape index (κ2) is 8.87. The molecular weight excluding hydrogens is 366 g/mol. The van der Waals surface area contributed by atoms with E-state index in [2.05, 4.69) is 31.4 Å². The van der Waals surface area contributed by atoms with Crippen LogP contribution in [-0.2, 0) is 4.74 Å². The Hall–Kier alpha value is -1.44. The van der Waals surface area contributed by atoms with Crippen LogP contribution >= 0.6 is 27.3 Å². The Bertz CT molecular complexity index is 631. The van der Waals surface area contributed by atoms with Gasteiger partial charge >= 0.3 is 0 Å². The fourth-order valence-corrected chi connectivity index (χ4v) is 2.68. The zero-order chi connectivity index (χ0) is 15.8. The van der Waals surface area contributed by atoms with Crippen LogP contribution in [0.1, 0.15) is 18.2 Å². The average molecular weight is 384 g/mol. The highest BCUT2D eigenvalue weighted by atomic mass is 79.9. The predicted octanol–water partition coefficient (Wildman–Crippen LogP) is 4.08. The van der Waals surface area contributed by atoms with Gasteiger partial charge in [-0.1, -0.05) is 15.9 Å². The van der Waals surface area contributed by atoms with Crippen molar-refractivity contribution in [1.29, 1.82) is 0 Å². The van der Waals surface area contributed by atoms with E-state index in [1.165, 1.54) is 11.3 Å². The number of halogens is 1. The van der Waals surface area contributed by atoms with E-state index in [0.29, 0.717) is 19.8 Å². The number of nitrogens with one attached hydrogen (secondary N) is 1. The normalized spacial score (nSPS) is 11.0. The van der Waals surface area contributed by atoms with Gasteiger partial charge in [-0.2, -0.15) is 5.10 Å². The van der Waals surface area contributed by atoms with Crippen LogP contribution in [0.25, 0.3) is 0 Å². The molecular formula is C15H18BrN3O2S. The minimum atomic E-state index is 0.509. The Balaban J connectivity index is 1.99. The molecule has 0 spiro atoms. The van der Waals surface area contributed by atoms with Crippen molar-refractivity contribution < 1.29 is 9.47 Å². The van der Waals surface area contributed by atoms with Crippen LogP contribution in [0.5, 0.6) is 5.75 Å². The molecule has 0 aliphatic heterocycles.